The van der Waals surface area contributed by atoms with E-state index in [4.69, 9.17) is 0 Å². The highest BCUT2D eigenvalue weighted by Crippen LogP contribution is 2.29. The van der Waals surface area contributed by atoms with Crippen LogP contribution in [0.3, 0.4) is 0 Å². The van der Waals surface area contributed by atoms with Crippen LogP contribution in [0.2, 0.25) is 0 Å². The first-order chi connectivity index (χ1) is 8.21. The maximum atomic E-state index is 12.2. The van der Waals surface area contributed by atoms with Crippen LogP contribution in [0, 0.1) is 0 Å². The fraction of sp³-hybridized carbons (Fsp3) is 0.615. The summed E-state index contributed by atoms with van der Waals surface area (Å²) < 4.78 is 1.91. The lowest BCUT2D eigenvalue weighted by Crippen LogP contribution is -2.49. The van der Waals surface area contributed by atoms with E-state index in [0.717, 1.165) is 32.2 Å². The number of amides is 1. The molecule has 1 aromatic rings. The lowest BCUT2D eigenvalue weighted by atomic mass is 9.99. The molecular formula is C13H20N2O2. The first-order valence-electron chi connectivity index (χ1n) is 6.29. The Morgan fingerprint density at radius 2 is 2.24 bits per heavy atom. The fourth-order valence-electron chi connectivity index (χ4n) is 2.58. The molecule has 1 saturated carbocycles. The van der Waals surface area contributed by atoms with E-state index < -0.39 is 0 Å². The van der Waals surface area contributed by atoms with E-state index in [1.54, 1.807) is 0 Å². The Hall–Kier alpha value is -1.29. The number of carbonyl (C=O) groups is 1. The monoisotopic (exact) mass is 236 g/mol. The minimum Gasteiger partial charge on any atom is -0.394 e. The number of nitrogens with zero attached hydrogens (tertiary/aromatic N) is 1. The van der Waals surface area contributed by atoms with Crippen molar-refractivity contribution in [1.29, 1.82) is 0 Å². The van der Waals surface area contributed by atoms with E-state index in [9.17, 15) is 9.90 Å². The van der Waals surface area contributed by atoms with Crippen molar-refractivity contribution in [2.45, 2.75) is 44.7 Å². The smallest absolute Gasteiger partial charge is 0.268 e. The second-order valence-corrected chi connectivity index (χ2v) is 4.78. The van der Waals surface area contributed by atoms with Gasteiger partial charge in [0.2, 0.25) is 0 Å². The average molecular weight is 236 g/mol. The van der Waals surface area contributed by atoms with E-state index >= 15 is 0 Å². The third-order valence-corrected chi connectivity index (χ3v) is 3.64. The average Bonchev–Trinajstić information content (AvgIpc) is 2.97. The van der Waals surface area contributed by atoms with Gasteiger partial charge in [-0.1, -0.05) is 12.8 Å². The van der Waals surface area contributed by atoms with Crippen molar-refractivity contribution < 1.29 is 9.90 Å². The zero-order valence-corrected chi connectivity index (χ0v) is 10.3. The maximum absolute atomic E-state index is 12.2. The minimum atomic E-state index is -0.389. The number of nitrogens with one attached hydrogen (secondary N) is 1. The molecule has 2 rings (SSSR count). The second kappa shape index (κ2) is 4.92. The molecule has 0 bridgehead atoms. The number of aliphatic hydroxyl groups is 1. The molecule has 0 saturated heterocycles. The van der Waals surface area contributed by atoms with Gasteiger partial charge in [-0.25, -0.2) is 0 Å². The zero-order valence-electron chi connectivity index (χ0n) is 10.3. The lowest BCUT2D eigenvalue weighted by Gasteiger charge is -2.28. The highest BCUT2D eigenvalue weighted by Gasteiger charge is 2.35. The van der Waals surface area contributed by atoms with Crippen molar-refractivity contribution in [3.05, 3.63) is 24.0 Å². The van der Waals surface area contributed by atoms with Crippen LogP contribution in [-0.2, 0) is 6.54 Å². The summed E-state index contributed by atoms with van der Waals surface area (Å²) in [5, 5.41) is 12.5. The second-order valence-electron chi connectivity index (χ2n) is 4.78. The Balaban J connectivity index is 2.11. The van der Waals surface area contributed by atoms with Crippen molar-refractivity contribution in [3.8, 4) is 0 Å². The Morgan fingerprint density at radius 3 is 2.82 bits per heavy atom. The summed E-state index contributed by atoms with van der Waals surface area (Å²) in [5.74, 6) is -0.0761. The van der Waals surface area contributed by atoms with Gasteiger partial charge in [0, 0.05) is 12.7 Å². The van der Waals surface area contributed by atoms with E-state index in [0.29, 0.717) is 5.69 Å². The summed E-state index contributed by atoms with van der Waals surface area (Å²) in [7, 11) is 0. The summed E-state index contributed by atoms with van der Waals surface area (Å²) in [4.78, 5) is 12.2. The van der Waals surface area contributed by atoms with Gasteiger partial charge in [0.1, 0.15) is 5.69 Å². The predicted molar refractivity (Wildman–Crippen MR) is 65.9 cm³/mol. The molecule has 1 aromatic heterocycles. The van der Waals surface area contributed by atoms with Crippen LogP contribution in [0.4, 0.5) is 0 Å². The molecular weight excluding hydrogens is 216 g/mol. The van der Waals surface area contributed by atoms with Crippen molar-refractivity contribution >= 4 is 5.91 Å². The summed E-state index contributed by atoms with van der Waals surface area (Å²) in [5.41, 5.74) is 0.284. The van der Waals surface area contributed by atoms with Gasteiger partial charge in [-0.05, 0) is 31.9 Å². The molecule has 0 radical (unpaired) electrons. The number of aryl methyl sites for hydroxylation is 1. The quantitative estimate of drug-likeness (QED) is 0.833. The topological polar surface area (TPSA) is 54.3 Å². The molecule has 0 atom stereocenters. The first-order valence-corrected chi connectivity index (χ1v) is 6.29. The van der Waals surface area contributed by atoms with Gasteiger partial charge in [-0.2, -0.15) is 0 Å². The summed E-state index contributed by atoms with van der Waals surface area (Å²) in [6.45, 7) is 2.82. The molecule has 1 amide bonds. The number of rotatable bonds is 4. The molecule has 4 heteroatoms. The lowest BCUT2D eigenvalue weighted by molar-refractivity contribution is 0.0829. The third kappa shape index (κ3) is 2.36. The van der Waals surface area contributed by atoms with Crippen molar-refractivity contribution in [1.82, 2.24) is 9.88 Å². The maximum Gasteiger partial charge on any atom is 0.268 e. The standard InChI is InChI=1S/C13H20N2O2/c1-2-15-9-5-6-11(15)12(17)14-13(10-16)7-3-4-8-13/h5-6,9,16H,2-4,7-8,10H2,1H3,(H,14,17). The molecule has 0 aromatic carbocycles. The summed E-state index contributed by atoms with van der Waals surface area (Å²) >= 11 is 0. The number of aliphatic hydroxyl groups excluding tert-OH is 1. The van der Waals surface area contributed by atoms with Crippen molar-refractivity contribution in [3.63, 3.8) is 0 Å². The molecule has 0 unspecified atom stereocenters. The van der Waals surface area contributed by atoms with Crippen molar-refractivity contribution in [2.24, 2.45) is 0 Å². The minimum absolute atomic E-state index is 0.0333. The highest BCUT2D eigenvalue weighted by molar-refractivity contribution is 5.93. The van der Waals surface area contributed by atoms with Crippen LogP contribution in [0.25, 0.3) is 0 Å². The largest absolute Gasteiger partial charge is 0.394 e. The first kappa shape index (κ1) is 12.2. The highest BCUT2D eigenvalue weighted by atomic mass is 16.3. The van der Waals surface area contributed by atoms with Gasteiger partial charge in [-0.15, -0.1) is 0 Å². The number of aromatic nitrogens is 1. The van der Waals surface area contributed by atoms with Gasteiger partial charge >= 0.3 is 0 Å². The van der Waals surface area contributed by atoms with Gasteiger partial charge in [-0.3, -0.25) is 4.79 Å². The number of carbonyl (C=O) groups excluding carboxylic acids is 1. The van der Waals surface area contributed by atoms with Crippen LogP contribution in [0.15, 0.2) is 18.3 Å². The van der Waals surface area contributed by atoms with E-state index in [2.05, 4.69) is 5.32 Å². The normalized spacial score (nSPS) is 18.2. The Bertz CT molecular complexity index is 392. The molecule has 0 spiro atoms. The molecule has 1 aliphatic carbocycles. The molecule has 1 fully saturated rings. The van der Waals surface area contributed by atoms with Crippen LogP contribution >= 0.6 is 0 Å². The molecule has 94 valence electrons. The van der Waals surface area contributed by atoms with Crippen LogP contribution < -0.4 is 5.32 Å². The SMILES string of the molecule is CCn1cccc1C(=O)NC1(CO)CCCC1. The predicted octanol–water partition coefficient (Wildman–Crippen LogP) is 1.54. The Labute approximate surface area is 102 Å². The van der Waals surface area contributed by atoms with E-state index in [1.807, 2.05) is 29.8 Å². The van der Waals surface area contributed by atoms with Gasteiger partial charge in [0.25, 0.3) is 5.91 Å². The van der Waals surface area contributed by atoms with Crippen LogP contribution in [-0.4, -0.2) is 27.7 Å². The third-order valence-electron chi connectivity index (χ3n) is 3.64. The molecule has 1 aliphatic rings. The summed E-state index contributed by atoms with van der Waals surface area (Å²) in [6.07, 6.45) is 5.81. The Morgan fingerprint density at radius 1 is 1.53 bits per heavy atom. The summed E-state index contributed by atoms with van der Waals surface area (Å²) in [6, 6.07) is 3.69. The zero-order chi connectivity index (χ0) is 12.3. The molecule has 0 aliphatic heterocycles. The molecule has 1 heterocycles. The van der Waals surface area contributed by atoms with Crippen molar-refractivity contribution in [2.75, 3.05) is 6.61 Å². The Kier molecular flexibility index (Phi) is 3.52. The van der Waals surface area contributed by atoms with Crippen LogP contribution in [0.5, 0.6) is 0 Å². The number of hydrogen-bond donors (Lipinski definition) is 2. The van der Waals surface area contributed by atoms with E-state index in [1.165, 1.54) is 0 Å². The number of hydrogen-bond acceptors (Lipinski definition) is 2. The van der Waals surface area contributed by atoms with Gasteiger partial charge in [0.05, 0.1) is 12.1 Å². The molecule has 2 N–H and O–H groups in total. The van der Waals surface area contributed by atoms with Crippen LogP contribution in [0.1, 0.15) is 43.1 Å². The molecule has 4 nitrogen and oxygen atoms in total. The fourth-order valence-corrected chi connectivity index (χ4v) is 2.58. The molecule has 17 heavy (non-hydrogen) atoms. The van der Waals surface area contributed by atoms with Gasteiger partial charge < -0.3 is 15.0 Å². The van der Waals surface area contributed by atoms with E-state index in [-0.39, 0.29) is 18.1 Å². The van der Waals surface area contributed by atoms with Gasteiger partial charge in [0.15, 0.2) is 0 Å².